The van der Waals surface area contributed by atoms with Gasteiger partial charge in [-0.15, -0.1) is 4.72 Å². The van der Waals surface area contributed by atoms with Crippen LogP contribution in [0.3, 0.4) is 0 Å². The highest BCUT2D eigenvalue weighted by molar-refractivity contribution is 7.90. The molecule has 0 heterocycles. The number of halogens is 5. The van der Waals surface area contributed by atoms with E-state index in [0.717, 1.165) is 5.01 Å². The molecule has 2 atom stereocenters. The van der Waals surface area contributed by atoms with E-state index < -0.39 is 52.4 Å². The molecule has 0 radical (unpaired) electrons. The zero-order valence-corrected chi connectivity index (χ0v) is 17.6. The number of aryl methyl sites for hydroxylation is 1. The van der Waals surface area contributed by atoms with Gasteiger partial charge in [0.15, 0.2) is 0 Å². The van der Waals surface area contributed by atoms with Crippen LogP contribution in [0.4, 0.5) is 22.0 Å². The third-order valence-electron chi connectivity index (χ3n) is 3.90. The molecule has 28 heavy (non-hydrogen) atoms. The Hall–Kier alpha value is -1.39. The summed E-state index contributed by atoms with van der Waals surface area (Å²) in [7, 11) is 2.58. The van der Waals surface area contributed by atoms with Gasteiger partial charge in [0.1, 0.15) is 28.5 Å². The van der Waals surface area contributed by atoms with Crippen molar-refractivity contribution in [2.24, 2.45) is 5.10 Å². The van der Waals surface area contributed by atoms with Crippen LogP contribution in [0.2, 0.25) is 0 Å². The molecule has 0 aliphatic heterocycles. The molecule has 1 aromatic rings. The van der Waals surface area contributed by atoms with Gasteiger partial charge in [0, 0.05) is 37.4 Å². The van der Waals surface area contributed by atoms with Gasteiger partial charge in [0.05, 0.1) is 0 Å². The lowest BCUT2D eigenvalue weighted by atomic mass is 9.85. The van der Waals surface area contributed by atoms with Crippen LogP contribution in [0, 0.1) is 12.7 Å². The summed E-state index contributed by atoms with van der Waals surface area (Å²) in [5, 5.41) is 4.35. The maximum Gasteiger partial charge on any atom is 0.431 e. The average Bonchev–Trinajstić information content (AvgIpc) is 2.53. The Kier molecular flexibility index (Phi) is 7.89. The second-order valence-electron chi connectivity index (χ2n) is 7.70. The molecule has 1 aromatic carbocycles. The molecule has 1 N–H and O–H groups in total. The smallest absolute Gasteiger partial charge is 0.431 e. The molecule has 0 aliphatic rings. The van der Waals surface area contributed by atoms with Crippen LogP contribution < -0.4 is 4.72 Å². The van der Waals surface area contributed by atoms with Gasteiger partial charge in [0.2, 0.25) is 0 Å². The van der Waals surface area contributed by atoms with E-state index in [1.807, 2.05) is 0 Å². The van der Waals surface area contributed by atoms with Gasteiger partial charge in [0.25, 0.3) is 0 Å². The van der Waals surface area contributed by atoms with Crippen LogP contribution in [0.15, 0.2) is 23.3 Å². The minimum Gasteiger partial charge on any atom is -0.598 e. The van der Waals surface area contributed by atoms with Gasteiger partial charge in [-0.1, -0.05) is 18.2 Å². The fourth-order valence-electron chi connectivity index (χ4n) is 2.40. The fourth-order valence-corrected chi connectivity index (χ4v) is 3.30. The van der Waals surface area contributed by atoms with Crippen molar-refractivity contribution in [2.45, 2.75) is 50.6 Å². The number of rotatable bonds is 7. The number of benzene rings is 1. The Balaban J connectivity index is 3.64. The van der Waals surface area contributed by atoms with Crippen molar-refractivity contribution in [3.8, 4) is 0 Å². The highest BCUT2D eigenvalue weighted by atomic mass is 32.2. The van der Waals surface area contributed by atoms with Crippen molar-refractivity contribution in [2.75, 3.05) is 20.8 Å². The van der Waals surface area contributed by atoms with Crippen molar-refractivity contribution in [3.63, 3.8) is 0 Å². The third kappa shape index (κ3) is 6.05. The van der Waals surface area contributed by atoms with E-state index in [9.17, 15) is 26.5 Å². The first-order valence-electron chi connectivity index (χ1n) is 8.47. The van der Waals surface area contributed by atoms with E-state index >= 15 is 0 Å². The van der Waals surface area contributed by atoms with Crippen molar-refractivity contribution >= 4 is 17.1 Å². The molecule has 10 heteroatoms. The van der Waals surface area contributed by atoms with E-state index in [0.29, 0.717) is 0 Å². The fraction of sp³-hybridized carbons (Fsp3) is 0.611. The highest BCUT2D eigenvalue weighted by Gasteiger charge is 2.49. The molecule has 0 bridgehead atoms. The molecule has 0 saturated heterocycles. The minimum atomic E-state index is -4.88. The maximum absolute atomic E-state index is 14.8. The molecule has 1 rings (SSSR count). The summed E-state index contributed by atoms with van der Waals surface area (Å²) in [6.07, 6.45) is -5.91. The Morgan fingerprint density at radius 2 is 1.79 bits per heavy atom. The van der Waals surface area contributed by atoms with Crippen LogP contribution >= 0.6 is 0 Å². The molecule has 4 nitrogen and oxygen atoms in total. The van der Waals surface area contributed by atoms with E-state index in [-0.39, 0.29) is 11.1 Å². The van der Waals surface area contributed by atoms with Crippen LogP contribution in [-0.2, 0) is 16.9 Å². The topological polar surface area (TPSA) is 50.7 Å². The van der Waals surface area contributed by atoms with Crippen LogP contribution in [0.25, 0.3) is 0 Å². The molecular formula is C18H26F5N3OS. The Labute approximate surface area is 165 Å². The maximum atomic E-state index is 14.8. The Bertz CT molecular complexity index is 703. The quantitative estimate of drug-likeness (QED) is 0.307. The summed E-state index contributed by atoms with van der Waals surface area (Å²) in [5.41, 5.74) is -3.71. The standard InChI is InChI=1S/C18H26F5N3OS/c1-12-8-7-9-13(15(12)20)17(11-19,25-28(27)16(2,3)4)10-14(18(21,22)23)24-26(5)6/h7-9,25H,10-11H2,1-6H3. The average molecular weight is 427 g/mol. The van der Waals surface area contributed by atoms with Crippen molar-refractivity contribution < 1.29 is 26.5 Å². The first-order valence-corrected chi connectivity index (χ1v) is 9.62. The molecule has 0 fully saturated rings. The lowest BCUT2D eigenvalue weighted by Gasteiger charge is -2.37. The minimum absolute atomic E-state index is 0.136. The van der Waals surface area contributed by atoms with Crippen molar-refractivity contribution in [1.82, 2.24) is 9.73 Å². The molecule has 2 unspecified atom stereocenters. The zero-order valence-electron chi connectivity index (χ0n) is 16.7. The molecule has 0 aliphatic carbocycles. The summed E-state index contributed by atoms with van der Waals surface area (Å²) < 4.78 is 83.9. The predicted octanol–water partition coefficient (Wildman–Crippen LogP) is 4.22. The van der Waals surface area contributed by atoms with E-state index in [1.54, 1.807) is 20.8 Å². The largest absolute Gasteiger partial charge is 0.598 e. The molecule has 0 amide bonds. The molecular weight excluding hydrogens is 401 g/mol. The number of nitrogens with zero attached hydrogens (tertiary/aromatic N) is 2. The summed E-state index contributed by atoms with van der Waals surface area (Å²) >= 11 is -1.97. The van der Waals surface area contributed by atoms with Crippen molar-refractivity contribution in [3.05, 3.63) is 35.1 Å². The van der Waals surface area contributed by atoms with E-state index in [1.165, 1.54) is 39.2 Å². The number of hydrogen-bond acceptors (Lipinski definition) is 4. The Morgan fingerprint density at radius 3 is 2.21 bits per heavy atom. The van der Waals surface area contributed by atoms with Gasteiger partial charge < -0.3 is 9.56 Å². The SMILES string of the molecule is Cc1cccc(C(CF)(CC(=NN(C)C)C(F)(F)F)N[S+]([O-])C(C)(C)C)c1F. The normalized spacial score (nSPS) is 16.6. The van der Waals surface area contributed by atoms with Gasteiger partial charge in [-0.3, -0.25) is 0 Å². The number of hydrazone groups is 1. The summed E-state index contributed by atoms with van der Waals surface area (Å²) in [6, 6.07) is 4.02. The zero-order chi connectivity index (χ0) is 21.9. The van der Waals surface area contributed by atoms with Gasteiger partial charge in [-0.2, -0.15) is 18.3 Å². The number of hydrogen-bond donors (Lipinski definition) is 1. The lowest BCUT2D eigenvalue weighted by molar-refractivity contribution is -0.0631. The second kappa shape index (κ2) is 8.96. The predicted molar refractivity (Wildman–Crippen MR) is 102 cm³/mol. The first kappa shape index (κ1) is 24.6. The van der Waals surface area contributed by atoms with E-state index in [4.69, 9.17) is 0 Å². The van der Waals surface area contributed by atoms with Crippen LogP contribution in [-0.4, -0.2) is 47.0 Å². The summed E-state index contributed by atoms with van der Waals surface area (Å²) in [4.78, 5) is 0. The highest BCUT2D eigenvalue weighted by Crippen LogP contribution is 2.36. The van der Waals surface area contributed by atoms with Crippen molar-refractivity contribution in [1.29, 1.82) is 0 Å². The molecule has 0 spiro atoms. The number of nitrogens with one attached hydrogen (secondary N) is 1. The van der Waals surface area contributed by atoms with Gasteiger partial charge >= 0.3 is 6.18 Å². The first-order chi connectivity index (χ1) is 12.6. The van der Waals surface area contributed by atoms with Gasteiger partial charge in [-0.05, 0) is 33.3 Å². The van der Waals surface area contributed by atoms with Gasteiger partial charge in [-0.25, -0.2) is 8.78 Å². The second-order valence-corrected chi connectivity index (χ2v) is 9.67. The summed E-state index contributed by atoms with van der Waals surface area (Å²) in [6.45, 7) is 4.72. The number of alkyl halides is 4. The van der Waals surface area contributed by atoms with E-state index in [2.05, 4.69) is 9.82 Å². The molecule has 160 valence electrons. The van der Waals surface area contributed by atoms with Crippen LogP contribution in [0.1, 0.15) is 38.3 Å². The summed E-state index contributed by atoms with van der Waals surface area (Å²) in [5.74, 6) is -0.857. The molecule has 0 aromatic heterocycles. The third-order valence-corrected chi connectivity index (χ3v) is 5.59. The monoisotopic (exact) mass is 427 g/mol. The lowest BCUT2D eigenvalue weighted by Crippen LogP contribution is -2.55. The van der Waals surface area contributed by atoms with Crippen LogP contribution in [0.5, 0.6) is 0 Å². The Morgan fingerprint density at radius 1 is 1.21 bits per heavy atom. The molecule has 0 saturated carbocycles.